The summed E-state index contributed by atoms with van der Waals surface area (Å²) >= 11 is 0. The number of amides is 1. The topological polar surface area (TPSA) is 68.0 Å². The van der Waals surface area contributed by atoms with Gasteiger partial charge in [0.15, 0.2) is 0 Å². The number of hydrogen-bond donors (Lipinski definition) is 1. The molecule has 0 fully saturated rings. The van der Waals surface area contributed by atoms with Crippen molar-refractivity contribution in [1.29, 1.82) is 0 Å². The number of nitrogens with zero attached hydrogens (tertiary/aromatic N) is 2. The maximum atomic E-state index is 11.1. The molecule has 1 aromatic carbocycles. The van der Waals surface area contributed by atoms with Gasteiger partial charge in [-0.05, 0) is 18.6 Å². The predicted octanol–water partition coefficient (Wildman–Crippen LogP) is 2.11. The third kappa shape index (κ3) is 3.40. The Balaban J connectivity index is 2.00. The quantitative estimate of drug-likeness (QED) is 0.893. The second-order valence-corrected chi connectivity index (χ2v) is 4.27. The number of aryl methyl sites for hydroxylation is 1. The largest absolute Gasteiger partial charge is 0.421 e. The molecule has 5 nitrogen and oxygen atoms in total. The molecule has 100 valence electrons. The molecule has 0 saturated heterocycles. The second-order valence-electron chi connectivity index (χ2n) is 4.27. The van der Waals surface area contributed by atoms with Gasteiger partial charge in [0.1, 0.15) is 0 Å². The van der Waals surface area contributed by atoms with Crippen molar-refractivity contribution < 1.29 is 9.21 Å². The molecule has 1 aromatic heterocycles. The Morgan fingerprint density at radius 1 is 1.32 bits per heavy atom. The maximum Gasteiger partial charge on any atom is 0.247 e. The highest BCUT2D eigenvalue weighted by Gasteiger charge is 2.10. The smallest absolute Gasteiger partial charge is 0.247 e. The standard InChI is InChI=1S/C14H17N3O2/c1-3-12(18)15-9-8-13-16-17-14(19-13)11-7-5-4-6-10(11)2/h4-7H,3,8-9H2,1-2H3,(H,15,18). The highest BCUT2D eigenvalue weighted by atomic mass is 16.4. The zero-order valence-electron chi connectivity index (χ0n) is 11.1. The Labute approximate surface area is 112 Å². The highest BCUT2D eigenvalue weighted by molar-refractivity contribution is 5.75. The van der Waals surface area contributed by atoms with E-state index in [1.165, 1.54) is 0 Å². The molecule has 0 aliphatic carbocycles. The van der Waals surface area contributed by atoms with Crippen molar-refractivity contribution in [1.82, 2.24) is 15.5 Å². The fraction of sp³-hybridized carbons (Fsp3) is 0.357. The number of aromatic nitrogens is 2. The van der Waals surface area contributed by atoms with Crippen LogP contribution in [0.4, 0.5) is 0 Å². The van der Waals surface area contributed by atoms with Gasteiger partial charge in [-0.15, -0.1) is 10.2 Å². The highest BCUT2D eigenvalue weighted by Crippen LogP contribution is 2.21. The molecular formula is C14H17N3O2. The molecule has 1 N–H and O–H groups in total. The van der Waals surface area contributed by atoms with Crippen molar-refractivity contribution in [3.05, 3.63) is 35.7 Å². The summed E-state index contributed by atoms with van der Waals surface area (Å²) in [6, 6.07) is 7.86. The van der Waals surface area contributed by atoms with E-state index in [-0.39, 0.29) is 5.91 Å². The fourth-order valence-electron chi connectivity index (χ4n) is 1.71. The van der Waals surface area contributed by atoms with Gasteiger partial charge < -0.3 is 9.73 Å². The Morgan fingerprint density at radius 2 is 2.11 bits per heavy atom. The summed E-state index contributed by atoms with van der Waals surface area (Å²) in [5.74, 6) is 1.09. The van der Waals surface area contributed by atoms with Crippen LogP contribution in [0.1, 0.15) is 24.8 Å². The van der Waals surface area contributed by atoms with E-state index in [0.717, 1.165) is 11.1 Å². The van der Waals surface area contributed by atoms with Gasteiger partial charge in [0, 0.05) is 24.9 Å². The molecule has 0 spiro atoms. The number of carbonyl (C=O) groups is 1. The first-order chi connectivity index (χ1) is 9.20. The van der Waals surface area contributed by atoms with Crippen molar-refractivity contribution >= 4 is 5.91 Å². The molecule has 0 unspecified atom stereocenters. The van der Waals surface area contributed by atoms with Gasteiger partial charge in [-0.1, -0.05) is 25.1 Å². The van der Waals surface area contributed by atoms with Crippen LogP contribution in [0, 0.1) is 6.92 Å². The molecule has 2 aromatic rings. The summed E-state index contributed by atoms with van der Waals surface area (Å²) in [4.78, 5) is 11.1. The van der Waals surface area contributed by atoms with Crippen LogP contribution >= 0.6 is 0 Å². The molecule has 5 heteroatoms. The summed E-state index contributed by atoms with van der Waals surface area (Å²) in [5.41, 5.74) is 2.04. The Hall–Kier alpha value is -2.17. The molecule has 2 rings (SSSR count). The van der Waals surface area contributed by atoms with Crippen molar-refractivity contribution in [2.75, 3.05) is 6.54 Å². The van der Waals surface area contributed by atoms with E-state index >= 15 is 0 Å². The number of carbonyl (C=O) groups excluding carboxylic acids is 1. The summed E-state index contributed by atoms with van der Waals surface area (Å²) in [7, 11) is 0. The van der Waals surface area contributed by atoms with Crippen LogP contribution in [0.5, 0.6) is 0 Å². The average Bonchev–Trinajstić information content (AvgIpc) is 2.87. The normalized spacial score (nSPS) is 10.4. The monoisotopic (exact) mass is 259 g/mol. The van der Waals surface area contributed by atoms with Gasteiger partial charge in [-0.25, -0.2) is 0 Å². The Bertz CT molecular complexity index is 563. The van der Waals surface area contributed by atoms with E-state index in [0.29, 0.717) is 31.2 Å². The second kappa shape index (κ2) is 6.13. The molecule has 0 atom stereocenters. The summed E-state index contributed by atoms with van der Waals surface area (Å²) in [6.45, 7) is 4.33. The lowest BCUT2D eigenvalue weighted by Gasteiger charge is -2.00. The molecule has 1 amide bonds. The third-order valence-electron chi connectivity index (χ3n) is 2.82. The fourth-order valence-corrected chi connectivity index (χ4v) is 1.71. The third-order valence-corrected chi connectivity index (χ3v) is 2.82. The van der Waals surface area contributed by atoms with E-state index in [2.05, 4.69) is 15.5 Å². The Morgan fingerprint density at radius 3 is 2.84 bits per heavy atom. The van der Waals surface area contributed by atoms with Crippen LogP contribution in [0.15, 0.2) is 28.7 Å². The van der Waals surface area contributed by atoms with Crippen molar-refractivity contribution in [2.45, 2.75) is 26.7 Å². The first kappa shape index (κ1) is 13.3. The van der Waals surface area contributed by atoms with E-state index in [9.17, 15) is 4.79 Å². The number of hydrogen-bond acceptors (Lipinski definition) is 4. The van der Waals surface area contributed by atoms with Gasteiger partial charge in [-0.3, -0.25) is 4.79 Å². The Kier molecular flexibility index (Phi) is 4.28. The van der Waals surface area contributed by atoms with Gasteiger partial charge in [-0.2, -0.15) is 0 Å². The van der Waals surface area contributed by atoms with E-state index < -0.39 is 0 Å². The van der Waals surface area contributed by atoms with Gasteiger partial charge >= 0.3 is 0 Å². The minimum absolute atomic E-state index is 0.0265. The number of nitrogens with one attached hydrogen (secondary N) is 1. The predicted molar refractivity (Wildman–Crippen MR) is 71.5 cm³/mol. The van der Waals surface area contributed by atoms with Crippen LogP contribution in [0.3, 0.4) is 0 Å². The van der Waals surface area contributed by atoms with Crippen molar-refractivity contribution in [3.8, 4) is 11.5 Å². The molecule has 0 saturated carbocycles. The SMILES string of the molecule is CCC(=O)NCCc1nnc(-c2ccccc2C)o1. The summed E-state index contributed by atoms with van der Waals surface area (Å²) in [5, 5.41) is 10.8. The molecule has 0 aliphatic rings. The molecule has 0 bridgehead atoms. The van der Waals surface area contributed by atoms with Gasteiger partial charge in [0.05, 0.1) is 0 Å². The number of benzene rings is 1. The molecule has 0 aliphatic heterocycles. The molecule has 0 radical (unpaired) electrons. The zero-order valence-corrected chi connectivity index (χ0v) is 11.1. The number of rotatable bonds is 5. The summed E-state index contributed by atoms with van der Waals surface area (Å²) < 4.78 is 5.59. The van der Waals surface area contributed by atoms with E-state index in [4.69, 9.17) is 4.42 Å². The minimum Gasteiger partial charge on any atom is -0.421 e. The lowest BCUT2D eigenvalue weighted by Crippen LogP contribution is -2.24. The van der Waals surface area contributed by atoms with Crippen LogP contribution in [0.25, 0.3) is 11.5 Å². The lowest BCUT2D eigenvalue weighted by atomic mass is 10.1. The van der Waals surface area contributed by atoms with Crippen LogP contribution in [-0.2, 0) is 11.2 Å². The first-order valence-electron chi connectivity index (χ1n) is 6.35. The van der Waals surface area contributed by atoms with E-state index in [1.54, 1.807) is 0 Å². The van der Waals surface area contributed by atoms with Crippen LogP contribution < -0.4 is 5.32 Å². The van der Waals surface area contributed by atoms with Crippen LogP contribution in [0.2, 0.25) is 0 Å². The van der Waals surface area contributed by atoms with Gasteiger partial charge in [0.2, 0.25) is 17.7 Å². The first-order valence-corrected chi connectivity index (χ1v) is 6.35. The average molecular weight is 259 g/mol. The maximum absolute atomic E-state index is 11.1. The van der Waals surface area contributed by atoms with Gasteiger partial charge in [0.25, 0.3) is 0 Å². The van der Waals surface area contributed by atoms with E-state index in [1.807, 2.05) is 38.1 Å². The molecule has 19 heavy (non-hydrogen) atoms. The lowest BCUT2D eigenvalue weighted by molar-refractivity contribution is -0.120. The van der Waals surface area contributed by atoms with Crippen molar-refractivity contribution in [2.24, 2.45) is 0 Å². The summed E-state index contributed by atoms with van der Waals surface area (Å²) in [6.07, 6.45) is 1.03. The molecular weight excluding hydrogens is 242 g/mol. The van der Waals surface area contributed by atoms with Crippen molar-refractivity contribution in [3.63, 3.8) is 0 Å². The minimum atomic E-state index is 0.0265. The molecule has 1 heterocycles. The zero-order chi connectivity index (χ0) is 13.7. The van der Waals surface area contributed by atoms with Crippen LogP contribution in [-0.4, -0.2) is 22.6 Å².